The first-order valence-corrected chi connectivity index (χ1v) is 14.9. The van der Waals surface area contributed by atoms with Crippen LogP contribution in [0, 0.1) is 0 Å². The summed E-state index contributed by atoms with van der Waals surface area (Å²) in [7, 11) is 1.68. The predicted molar refractivity (Wildman–Crippen MR) is 164 cm³/mol. The normalized spacial score (nSPS) is 17.0. The molecule has 2 aliphatic heterocycles. The average Bonchev–Trinajstić information content (AvgIpc) is 3.56. The second kappa shape index (κ2) is 13.5. The number of aromatic nitrogens is 6. The van der Waals surface area contributed by atoms with Gasteiger partial charge in [-0.25, -0.2) is 14.6 Å². The van der Waals surface area contributed by atoms with E-state index >= 15 is 0 Å². The van der Waals surface area contributed by atoms with Crippen LogP contribution in [0.4, 0.5) is 17.3 Å². The first kappa shape index (κ1) is 29.1. The number of halogens is 1. The maximum absolute atomic E-state index is 6.42. The molecule has 1 atom stereocenters. The number of ether oxygens (including phenoxy) is 3. The molecular weight excluding hydrogens is 570 g/mol. The van der Waals surface area contributed by atoms with Crippen LogP contribution >= 0.6 is 11.6 Å². The third kappa shape index (κ3) is 7.15. The van der Waals surface area contributed by atoms with Crippen LogP contribution < -0.4 is 19.7 Å². The molecule has 2 saturated heterocycles. The van der Waals surface area contributed by atoms with Crippen molar-refractivity contribution in [3.63, 3.8) is 0 Å². The van der Waals surface area contributed by atoms with Gasteiger partial charge in [0.05, 0.1) is 24.4 Å². The van der Waals surface area contributed by atoms with Gasteiger partial charge in [0.1, 0.15) is 23.9 Å². The molecule has 43 heavy (non-hydrogen) atoms. The zero-order valence-electron chi connectivity index (χ0n) is 24.4. The highest BCUT2D eigenvalue weighted by molar-refractivity contribution is 6.32. The Balaban J connectivity index is 1.08. The molecule has 4 aromatic rings. The maximum atomic E-state index is 6.42. The summed E-state index contributed by atoms with van der Waals surface area (Å²) < 4.78 is 19.0. The van der Waals surface area contributed by atoms with Crippen molar-refractivity contribution >= 4 is 28.9 Å². The van der Waals surface area contributed by atoms with Crippen LogP contribution in [0.2, 0.25) is 5.02 Å². The topological polar surface area (TPSA) is 116 Å². The molecule has 0 saturated carbocycles. The quantitative estimate of drug-likeness (QED) is 0.279. The van der Waals surface area contributed by atoms with E-state index in [1.165, 1.54) is 0 Å². The number of nitrogens with one attached hydrogen (secondary N) is 1. The fourth-order valence-corrected chi connectivity index (χ4v) is 5.75. The zero-order valence-corrected chi connectivity index (χ0v) is 25.2. The summed E-state index contributed by atoms with van der Waals surface area (Å²) in [6.45, 7) is 8.30. The largest absolute Gasteiger partial charge is 0.494 e. The Kier molecular flexibility index (Phi) is 9.16. The molecule has 12 nitrogen and oxygen atoms in total. The number of anilines is 3. The number of methoxy groups -OCH3 is 1. The molecule has 226 valence electrons. The van der Waals surface area contributed by atoms with Crippen molar-refractivity contribution in [2.45, 2.75) is 38.5 Å². The number of tetrazole rings is 1. The molecule has 2 fully saturated rings. The fraction of sp³-hybridized carbons (Fsp3) is 0.433. The van der Waals surface area contributed by atoms with E-state index in [4.69, 9.17) is 25.8 Å². The Morgan fingerprint density at radius 3 is 2.51 bits per heavy atom. The van der Waals surface area contributed by atoms with Crippen LogP contribution in [0.5, 0.6) is 11.5 Å². The molecule has 2 aromatic carbocycles. The van der Waals surface area contributed by atoms with Gasteiger partial charge >= 0.3 is 0 Å². The lowest BCUT2D eigenvalue weighted by atomic mass is 10.1. The van der Waals surface area contributed by atoms with Crippen molar-refractivity contribution in [3.05, 3.63) is 60.1 Å². The highest BCUT2D eigenvalue weighted by atomic mass is 35.5. The highest BCUT2D eigenvalue weighted by Gasteiger charge is 2.26. The van der Waals surface area contributed by atoms with Crippen molar-refractivity contribution in [2.24, 2.45) is 0 Å². The Morgan fingerprint density at radius 1 is 1.00 bits per heavy atom. The molecular formula is C30H36ClN9O3. The summed E-state index contributed by atoms with van der Waals surface area (Å²) in [5.74, 6) is 1.78. The Hall–Kier alpha value is -4.00. The summed E-state index contributed by atoms with van der Waals surface area (Å²) in [6, 6.07) is 12.5. The summed E-state index contributed by atoms with van der Waals surface area (Å²) in [4.78, 5) is 14.1. The number of rotatable bonds is 10. The summed E-state index contributed by atoms with van der Waals surface area (Å²) in [5.41, 5.74) is 3.68. The first-order valence-electron chi connectivity index (χ1n) is 14.6. The van der Waals surface area contributed by atoms with E-state index in [9.17, 15) is 0 Å². The van der Waals surface area contributed by atoms with Gasteiger partial charge in [0.2, 0.25) is 5.95 Å². The minimum absolute atomic E-state index is 0.192. The Morgan fingerprint density at radius 2 is 1.79 bits per heavy atom. The molecule has 0 unspecified atom stereocenters. The van der Waals surface area contributed by atoms with E-state index in [0.717, 1.165) is 80.5 Å². The predicted octanol–water partition coefficient (Wildman–Crippen LogP) is 4.30. The molecule has 2 aromatic heterocycles. The summed E-state index contributed by atoms with van der Waals surface area (Å²) >= 11 is 6.42. The van der Waals surface area contributed by atoms with Gasteiger partial charge in [-0.1, -0.05) is 17.7 Å². The number of benzene rings is 2. The molecule has 0 spiro atoms. The van der Waals surface area contributed by atoms with Crippen LogP contribution in [0.15, 0.2) is 55.1 Å². The van der Waals surface area contributed by atoms with Gasteiger partial charge < -0.3 is 24.4 Å². The van der Waals surface area contributed by atoms with E-state index in [2.05, 4.69) is 52.7 Å². The molecule has 1 N–H and O–H groups in total. The van der Waals surface area contributed by atoms with E-state index in [1.807, 2.05) is 25.1 Å². The van der Waals surface area contributed by atoms with E-state index in [0.29, 0.717) is 29.3 Å². The Bertz CT molecular complexity index is 1470. The minimum Gasteiger partial charge on any atom is -0.494 e. The van der Waals surface area contributed by atoms with Gasteiger partial charge in [0, 0.05) is 75.1 Å². The molecule has 2 aliphatic rings. The fourth-order valence-electron chi connectivity index (χ4n) is 5.59. The standard InChI is InChI=1S/C30H36ClN9O3/c1-21(19-40-20-34-36-37-40)43-28-15-22(3-5-26(28)31)23-17-32-30(33-18-23)35-27-6-4-25(16-29(27)41-2)39-11-9-38(10-12-39)24-7-13-42-14-8-24/h3-6,15-18,20-21,24H,7-14,19H2,1-2H3,(H,32,33,35)/t21-/m0/s1. The lowest BCUT2D eigenvalue weighted by Crippen LogP contribution is -2.51. The molecule has 0 bridgehead atoms. The second-order valence-electron chi connectivity index (χ2n) is 10.8. The van der Waals surface area contributed by atoms with Gasteiger partial charge in [-0.05, 0) is 60.0 Å². The van der Waals surface area contributed by atoms with Gasteiger partial charge in [-0.3, -0.25) is 4.90 Å². The van der Waals surface area contributed by atoms with Gasteiger partial charge in [0.25, 0.3) is 0 Å². The second-order valence-corrected chi connectivity index (χ2v) is 11.2. The monoisotopic (exact) mass is 605 g/mol. The van der Waals surface area contributed by atoms with Crippen LogP contribution in [-0.2, 0) is 11.3 Å². The van der Waals surface area contributed by atoms with Crippen LogP contribution in [0.25, 0.3) is 11.1 Å². The third-order valence-electron chi connectivity index (χ3n) is 7.90. The molecule has 0 radical (unpaired) electrons. The van der Waals surface area contributed by atoms with E-state index in [-0.39, 0.29) is 6.10 Å². The smallest absolute Gasteiger partial charge is 0.227 e. The lowest BCUT2D eigenvalue weighted by molar-refractivity contribution is 0.0321. The molecule has 0 aliphatic carbocycles. The lowest BCUT2D eigenvalue weighted by Gasteiger charge is -2.41. The van der Waals surface area contributed by atoms with Crippen molar-refractivity contribution in [2.75, 3.05) is 56.7 Å². The average molecular weight is 606 g/mol. The van der Waals surface area contributed by atoms with Gasteiger partial charge in [-0.2, -0.15) is 0 Å². The van der Waals surface area contributed by atoms with Gasteiger partial charge in [-0.15, -0.1) is 5.10 Å². The first-order chi connectivity index (χ1) is 21.1. The van der Waals surface area contributed by atoms with E-state index in [1.54, 1.807) is 36.6 Å². The minimum atomic E-state index is -0.192. The van der Waals surface area contributed by atoms with Crippen LogP contribution in [0.3, 0.4) is 0 Å². The third-order valence-corrected chi connectivity index (χ3v) is 8.21. The van der Waals surface area contributed by atoms with Gasteiger partial charge in [0.15, 0.2) is 0 Å². The zero-order chi connectivity index (χ0) is 29.6. The maximum Gasteiger partial charge on any atom is 0.227 e. The van der Waals surface area contributed by atoms with Crippen molar-refractivity contribution in [1.29, 1.82) is 0 Å². The van der Waals surface area contributed by atoms with Crippen molar-refractivity contribution in [1.82, 2.24) is 35.1 Å². The van der Waals surface area contributed by atoms with E-state index < -0.39 is 0 Å². The molecule has 4 heterocycles. The van der Waals surface area contributed by atoms with Crippen LogP contribution in [0.1, 0.15) is 19.8 Å². The molecule has 13 heteroatoms. The Labute approximate surface area is 255 Å². The summed E-state index contributed by atoms with van der Waals surface area (Å²) in [6.07, 6.45) is 7.16. The summed E-state index contributed by atoms with van der Waals surface area (Å²) in [5, 5.41) is 15.0. The molecule has 6 rings (SSSR count). The number of hydrogen-bond donors (Lipinski definition) is 1. The highest BCUT2D eigenvalue weighted by Crippen LogP contribution is 2.34. The van der Waals surface area contributed by atoms with Crippen LogP contribution in [-0.4, -0.2) is 93.7 Å². The number of piperazine rings is 1. The number of hydrogen-bond acceptors (Lipinski definition) is 11. The SMILES string of the molecule is COc1cc(N2CCN(C3CCOCC3)CC2)ccc1Nc1ncc(-c2ccc(Cl)c(O[C@@H](C)Cn3cnnn3)c2)cn1. The van der Waals surface area contributed by atoms with Crippen molar-refractivity contribution in [3.8, 4) is 22.6 Å². The number of nitrogens with zero attached hydrogens (tertiary/aromatic N) is 8. The van der Waals surface area contributed by atoms with Crippen molar-refractivity contribution < 1.29 is 14.2 Å². The molecule has 0 amide bonds.